The zero-order valence-corrected chi connectivity index (χ0v) is 7.09. The smallest absolute Gasteiger partial charge is 0.0604 e. The zero-order chi connectivity index (χ0) is 7.64. The van der Waals surface area contributed by atoms with Gasteiger partial charge in [-0.1, -0.05) is 0 Å². The Balaban J connectivity index is 1.92. The molecule has 60 valence electrons. The molecule has 3 saturated carbocycles. The van der Waals surface area contributed by atoms with E-state index < -0.39 is 0 Å². The van der Waals surface area contributed by atoms with E-state index in [1.807, 2.05) is 0 Å². The van der Waals surface area contributed by atoms with Gasteiger partial charge in [0.2, 0.25) is 0 Å². The van der Waals surface area contributed by atoms with Crippen LogP contribution in [0.5, 0.6) is 0 Å². The molecule has 0 N–H and O–H groups in total. The van der Waals surface area contributed by atoms with Crippen LogP contribution >= 0.6 is 0 Å². The Hall–Kier alpha value is -0.330. The molecule has 0 heterocycles. The van der Waals surface area contributed by atoms with Crippen molar-refractivity contribution < 1.29 is 0 Å². The zero-order valence-electron chi connectivity index (χ0n) is 7.09. The molecular weight excluding hydrogens is 134 g/mol. The minimum absolute atomic E-state index is 0.272. The molecule has 0 aliphatic heterocycles. The van der Waals surface area contributed by atoms with Gasteiger partial charge in [-0.3, -0.25) is 4.99 Å². The lowest BCUT2D eigenvalue weighted by Gasteiger charge is -2.40. The molecule has 1 heteroatoms. The normalized spacial score (nSPS) is 64.5. The highest BCUT2D eigenvalue weighted by atomic mass is 14.9. The van der Waals surface area contributed by atoms with Crippen LogP contribution in [-0.2, 0) is 0 Å². The number of fused-ring (bicyclic) bond motifs is 1. The molecule has 0 spiro atoms. The first-order chi connectivity index (χ1) is 5.26. The molecule has 0 bridgehead atoms. The molecule has 5 atom stereocenters. The largest absolute Gasteiger partial charge is 0.294 e. The fourth-order valence-corrected chi connectivity index (χ4v) is 3.57. The van der Waals surface area contributed by atoms with Gasteiger partial charge >= 0.3 is 0 Å². The van der Waals surface area contributed by atoms with Crippen molar-refractivity contribution in [3.8, 4) is 0 Å². The lowest BCUT2D eigenvalue weighted by molar-refractivity contribution is 0.144. The van der Waals surface area contributed by atoms with Crippen LogP contribution in [0.1, 0.15) is 26.2 Å². The molecule has 0 aromatic rings. The molecule has 3 aliphatic rings. The van der Waals surface area contributed by atoms with Gasteiger partial charge in [-0.2, -0.15) is 0 Å². The van der Waals surface area contributed by atoms with Crippen molar-refractivity contribution in [1.82, 2.24) is 0 Å². The topological polar surface area (TPSA) is 12.4 Å². The van der Waals surface area contributed by atoms with E-state index in [-0.39, 0.29) is 5.54 Å². The van der Waals surface area contributed by atoms with Crippen LogP contribution in [0.4, 0.5) is 0 Å². The van der Waals surface area contributed by atoms with Crippen molar-refractivity contribution in [3.05, 3.63) is 0 Å². The van der Waals surface area contributed by atoms with Gasteiger partial charge < -0.3 is 0 Å². The Labute approximate surface area is 67.9 Å². The van der Waals surface area contributed by atoms with Crippen molar-refractivity contribution in [2.75, 3.05) is 0 Å². The second-order valence-electron chi connectivity index (χ2n) is 4.80. The third kappa shape index (κ3) is 0.533. The summed E-state index contributed by atoms with van der Waals surface area (Å²) < 4.78 is 0. The summed E-state index contributed by atoms with van der Waals surface area (Å²) in [7, 11) is 0. The monoisotopic (exact) mass is 149 g/mol. The summed E-state index contributed by atoms with van der Waals surface area (Å²) >= 11 is 0. The average molecular weight is 149 g/mol. The number of nitrogens with zero attached hydrogens (tertiary/aromatic N) is 1. The summed E-state index contributed by atoms with van der Waals surface area (Å²) in [6.45, 7) is 6.04. The maximum atomic E-state index is 4.33. The highest BCUT2D eigenvalue weighted by Crippen LogP contribution is 2.73. The van der Waals surface area contributed by atoms with Crippen LogP contribution in [0.3, 0.4) is 0 Å². The minimum atomic E-state index is 0.272. The highest BCUT2D eigenvalue weighted by Gasteiger charge is 2.69. The second-order valence-corrected chi connectivity index (χ2v) is 4.80. The summed E-state index contributed by atoms with van der Waals surface area (Å²) in [5.41, 5.74) is 0.272. The van der Waals surface area contributed by atoms with Crippen LogP contribution in [-0.4, -0.2) is 12.3 Å². The van der Waals surface area contributed by atoms with E-state index in [1.165, 1.54) is 19.3 Å². The van der Waals surface area contributed by atoms with Gasteiger partial charge in [-0.05, 0) is 56.6 Å². The molecule has 4 unspecified atom stereocenters. The first-order valence-corrected chi connectivity index (χ1v) is 4.74. The van der Waals surface area contributed by atoms with Crippen molar-refractivity contribution >= 4 is 6.72 Å². The van der Waals surface area contributed by atoms with Crippen LogP contribution in [0.15, 0.2) is 4.99 Å². The molecule has 1 nitrogen and oxygen atoms in total. The molecular formula is C10H15N. The van der Waals surface area contributed by atoms with E-state index in [2.05, 4.69) is 18.6 Å². The van der Waals surface area contributed by atoms with Crippen molar-refractivity contribution in [2.45, 2.75) is 31.7 Å². The number of hydrogen-bond donors (Lipinski definition) is 0. The summed E-state index contributed by atoms with van der Waals surface area (Å²) in [6.07, 6.45) is 4.20. The first-order valence-electron chi connectivity index (χ1n) is 4.74. The predicted molar refractivity (Wildman–Crippen MR) is 45.8 cm³/mol. The van der Waals surface area contributed by atoms with Crippen molar-refractivity contribution in [1.29, 1.82) is 0 Å². The highest BCUT2D eigenvalue weighted by molar-refractivity contribution is 5.29. The van der Waals surface area contributed by atoms with E-state index in [9.17, 15) is 0 Å². The van der Waals surface area contributed by atoms with Gasteiger partial charge in [0.1, 0.15) is 0 Å². The third-order valence-corrected chi connectivity index (χ3v) is 4.53. The van der Waals surface area contributed by atoms with Gasteiger partial charge in [0.15, 0.2) is 0 Å². The number of aliphatic imine (C=N–C) groups is 1. The summed E-state index contributed by atoms with van der Waals surface area (Å²) in [5, 5.41) is 0. The van der Waals surface area contributed by atoms with Crippen molar-refractivity contribution in [2.24, 2.45) is 28.7 Å². The summed E-state index contributed by atoms with van der Waals surface area (Å²) in [4.78, 5) is 4.33. The standard InChI is InChI=1S/C10H15N/c1-10(11-2)4-3-6-7-5-8(10)9(6)7/h6-9H,2-5H2,1H3/t6?,7-,8?,9?,10?/m0/s1. The van der Waals surface area contributed by atoms with Crippen LogP contribution in [0, 0.1) is 23.7 Å². The van der Waals surface area contributed by atoms with Crippen LogP contribution < -0.4 is 0 Å². The molecule has 3 rings (SSSR count). The summed E-state index contributed by atoms with van der Waals surface area (Å²) in [6, 6.07) is 0. The Morgan fingerprint density at radius 2 is 2.27 bits per heavy atom. The first kappa shape index (κ1) is 6.22. The van der Waals surface area contributed by atoms with Crippen molar-refractivity contribution in [3.63, 3.8) is 0 Å². The quantitative estimate of drug-likeness (QED) is 0.506. The summed E-state index contributed by atoms with van der Waals surface area (Å²) in [5.74, 6) is 4.25. The van der Waals surface area contributed by atoms with Gasteiger partial charge in [-0.15, -0.1) is 0 Å². The molecule has 11 heavy (non-hydrogen) atoms. The van der Waals surface area contributed by atoms with E-state index in [0.717, 1.165) is 23.7 Å². The average Bonchev–Trinajstić information content (AvgIpc) is 2.55. The molecule has 3 fully saturated rings. The molecule has 0 amide bonds. The van der Waals surface area contributed by atoms with E-state index in [4.69, 9.17) is 0 Å². The van der Waals surface area contributed by atoms with Crippen LogP contribution in [0.25, 0.3) is 0 Å². The minimum Gasteiger partial charge on any atom is -0.294 e. The predicted octanol–water partition coefficient (Wildman–Crippen LogP) is 2.12. The lowest BCUT2D eigenvalue weighted by Crippen LogP contribution is -2.40. The Morgan fingerprint density at radius 3 is 3.00 bits per heavy atom. The molecule has 0 aromatic heterocycles. The van der Waals surface area contributed by atoms with Gasteiger partial charge in [0.05, 0.1) is 5.54 Å². The maximum Gasteiger partial charge on any atom is 0.0604 e. The maximum absolute atomic E-state index is 4.33. The fourth-order valence-electron chi connectivity index (χ4n) is 3.57. The number of rotatable bonds is 1. The lowest BCUT2D eigenvalue weighted by atomic mass is 9.68. The van der Waals surface area contributed by atoms with Crippen LogP contribution in [0.2, 0.25) is 0 Å². The van der Waals surface area contributed by atoms with Gasteiger partial charge in [0.25, 0.3) is 0 Å². The molecule has 3 aliphatic carbocycles. The van der Waals surface area contributed by atoms with Gasteiger partial charge in [-0.25, -0.2) is 0 Å². The molecule has 0 saturated heterocycles. The molecule has 0 aromatic carbocycles. The fraction of sp³-hybridized carbons (Fsp3) is 0.900. The second kappa shape index (κ2) is 1.55. The Morgan fingerprint density at radius 1 is 1.45 bits per heavy atom. The van der Waals surface area contributed by atoms with Gasteiger partial charge in [0, 0.05) is 0 Å². The third-order valence-electron chi connectivity index (χ3n) is 4.53. The number of hydrogen-bond acceptors (Lipinski definition) is 1. The Kier molecular flexibility index (Phi) is 0.875. The van der Waals surface area contributed by atoms with E-state index in [1.54, 1.807) is 0 Å². The SMILES string of the molecule is C=NC1(C)CCC2C3C1C[C@@H]23. The van der Waals surface area contributed by atoms with E-state index in [0.29, 0.717) is 0 Å². The van der Waals surface area contributed by atoms with E-state index >= 15 is 0 Å². The molecule has 0 radical (unpaired) electrons. The Bertz CT molecular complexity index is 223.